The second-order valence-corrected chi connectivity index (χ2v) is 3.87. The molecule has 1 aliphatic rings. The van der Waals surface area contributed by atoms with Gasteiger partial charge in [-0.15, -0.1) is 0 Å². The smallest absolute Gasteiger partial charge is 0.312 e. The number of alkyl halides is 2. The van der Waals surface area contributed by atoms with Crippen LogP contribution in [-0.4, -0.2) is 25.5 Å². The van der Waals surface area contributed by atoms with Crippen molar-refractivity contribution in [3.63, 3.8) is 0 Å². The monoisotopic (exact) mass is 207 g/mol. The van der Waals surface area contributed by atoms with Gasteiger partial charge in [0, 0.05) is 12.5 Å². The van der Waals surface area contributed by atoms with Crippen LogP contribution in [0.2, 0.25) is 0 Å². The van der Waals surface area contributed by atoms with E-state index in [0.29, 0.717) is 19.3 Å². The van der Waals surface area contributed by atoms with Gasteiger partial charge in [-0.1, -0.05) is 0 Å². The highest BCUT2D eigenvalue weighted by molar-refractivity contribution is 5.77. The normalized spacial score (nSPS) is 32.2. The van der Waals surface area contributed by atoms with Gasteiger partial charge in [0.2, 0.25) is 6.43 Å². The van der Waals surface area contributed by atoms with Crippen LogP contribution in [-0.2, 0) is 9.53 Å². The van der Waals surface area contributed by atoms with Crippen LogP contribution in [0, 0.1) is 5.41 Å². The average Bonchev–Trinajstić information content (AvgIpc) is 2.46. The predicted octanol–water partition coefficient (Wildman–Crippen LogP) is 1.31. The van der Waals surface area contributed by atoms with Crippen molar-refractivity contribution in [1.82, 2.24) is 0 Å². The lowest BCUT2D eigenvalue weighted by atomic mass is 9.82. The Morgan fingerprint density at radius 3 is 2.71 bits per heavy atom. The number of hydrogen-bond acceptors (Lipinski definition) is 3. The Hall–Kier alpha value is -0.710. The molecule has 1 fully saturated rings. The number of halogens is 2. The van der Waals surface area contributed by atoms with Crippen LogP contribution in [0.5, 0.6) is 0 Å². The summed E-state index contributed by atoms with van der Waals surface area (Å²) >= 11 is 0. The van der Waals surface area contributed by atoms with Crippen LogP contribution < -0.4 is 5.73 Å². The molecule has 1 rings (SSSR count). The first kappa shape index (κ1) is 11.4. The van der Waals surface area contributed by atoms with Gasteiger partial charge in [-0.3, -0.25) is 4.79 Å². The van der Waals surface area contributed by atoms with E-state index in [1.165, 1.54) is 7.11 Å². The first-order chi connectivity index (χ1) is 6.50. The van der Waals surface area contributed by atoms with Crippen LogP contribution in [0.1, 0.15) is 25.7 Å². The van der Waals surface area contributed by atoms with E-state index in [1.54, 1.807) is 0 Å². The van der Waals surface area contributed by atoms with Crippen LogP contribution in [0.4, 0.5) is 8.78 Å². The van der Waals surface area contributed by atoms with Gasteiger partial charge in [-0.05, 0) is 19.3 Å². The Kier molecular flexibility index (Phi) is 3.42. The van der Waals surface area contributed by atoms with Crippen molar-refractivity contribution in [1.29, 1.82) is 0 Å². The molecule has 3 nitrogen and oxygen atoms in total. The minimum atomic E-state index is -2.49. The molecule has 0 aliphatic heterocycles. The van der Waals surface area contributed by atoms with E-state index in [-0.39, 0.29) is 6.04 Å². The lowest BCUT2D eigenvalue weighted by Gasteiger charge is -2.25. The Morgan fingerprint density at radius 1 is 1.71 bits per heavy atom. The summed E-state index contributed by atoms with van der Waals surface area (Å²) in [5, 5.41) is 0. The summed E-state index contributed by atoms with van der Waals surface area (Å²) in [5.74, 6) is -0.550. The molecule has 82 valence electrons. The third-order valence-electron chi connectivity index (χ3n) is 2.81. The number of esters is 1. The van der Waals surface area contributed by atoms with E-state index in [2.05, 4.69) is 4.74 Å². The maximum Gasteiger partial charge on any atom is 0.312 e. The van der Waals surface area contributed by atoms with Gasteiger partial charge < -0.3 is 10.5 Å². The van der Waals surface area contributed by atoms with Crippen molar-refractivity contribution in [2.24, 2.45) is 11.1 Å². The quantitative estimate of drug-likeness (QED) is 0.710. The highest BCUT2D eigenvalue weighted by Gasteiger charge is 2.46. The van der Waals surface area contributed by atoms with Gasteiger partial charge in [-0.25, -0.2) is 8.78 Å². The topological polar surface area (TPSA) is 52.3 Å². The van der Waals surface area contributed by atoms with Crippen molar-refractivity contribution in [2.75, 3.05) is 7.11 Å². The maximum absolute atomic E-state index is 12.3. The molecular formula is C9H15F2NO2. The molecule has 0 amide bonds. The third kappa shape index (κ3) is 2.20. The first-order valence-corrected chi connectivity index (χ1v) is 4.62. The summed E-state index contributed by atoms with van der Waals surface area (Å²) in [6, 6.07) is -0.159. The van der Waals surface area contributed by atoms with Crippen molar-refractivity contribution >= 4 is 5.97 Å². The molecule has 0 aromatic carbocycles. The lowest BCUT2D eigenvalue weighted by Crippen LogP contribution is -2.33. The van der Waals surface area contributed by atoms with Crippen molar-refractivity contribution < 1.29 is 18.3 Å². The zero-order chi connectivity index (χ0) is 10.8. The SMILES string of the molecule is COC(=O)[C@]1(CC(F)F)CC[C@@H](N)C1. The molecule has 0 radical (unpaired) electrons. The van der Waals surface area contributed by atoms with Gasteiger partial charge in [0.05, 0.1) is 12.5 Å². The first-order valence-electron chi connectivity index (χ1n) is 4.62. The fraction of sp³-hybridized carbons (Fsp3) is 0.889. The van der Waals surface area contributed by atoms with Gasteiger partial charge in [0.15, 0.2) is 0 Å². The number of carbonyl (C=O) groups is 1. The molecule has 0 bridgehead atoms. The summed E-state index contributed by atoms with van der Waals surface area (Å²) in [6.07, 6.45) is -1.59. The molecule has 5 heteroatoms. The minimum Gasteiger partial charge on any atom is -0.469 e. The second kappa shape index (κ2) is 4.21. The molecule has 0 aromatic heterocycles. The van der Waals surface area contributed by atoms with Crippen molar-refractivity contribution in [2.45, 2.75) is 38.2 Å². The van der Waals surface area contributed by atoms with Crippen LogP contribution in [0.15, 0.2) is 0 Å². The van der Waals surface area contributed by atoms with E-state index < -0.39 is 24.2 Å². The van der Waals surface area contributed by atoms with E-state index in [0.717, 1.165) is 0 Å². The fourth-order valence-corrected chi connectivity index (χ4v) is 2.13. The Labute approximate surface area is 81.6 Å². The number of methoxy groups -OCH3 is 1. The van der Waals surface area contributed by atoms with Crippen LogP contribution >= 0.6 is 0 Å². The molecule has 14 heavy (non-hydrogen) atoms. The number of carbonyl (C=O) groups excluding carboxylic acids is 1. The second-order valence-electron chi connectivity index (χ2n) is 3.87. The number of ether oxygens (including phenoxy) is 1. The maximum atomic E-state index is 12.3. The highest BCUT2D eigenvalue weighted by Crippen LogP contribution is 2.43. The van der Waals surface area contributed by atoms with Crippen LogP contribution in [0.25, 0.3) is 0 Å². The summed E-state index contributed by atoms with van der Waals surface area (Å²) < 4.78 is 29.2. The van der Waals surface area contributed by atoms with Gasteiger partial charge >= 0.3 is 5.97 Å². The fourth-order valence-electron chi connectivity index (χ4n) is 2.13. The molecular weight excluding hydrogens is 192 g/mol. The standard InChI is InChI=1S/C9H15F2NO2/c1-14-8(13)9(5-7(10)11)3-2-6(12)4-9/h6-7H,2-5,12H2,1H3/t6-,9-/m1/s1. The minimum absolute atomic E-state index is 0.159. The Bertz CT molecular complexity index is 223. The number of hydrogen-bond donors (Lipinski definition) is 1. The molecule has 0 spiro atoms. The lowest BCUT2D eigenvalue weighted by molar-refractivity contribution is -0.155. The summed E-state index contributed by atoms with van der Waals surface area (Å²) in [5.41, 5.74) is 4.59. The zero-order valence-corrected chi connectivity index (χ0v) is 8.13. The third-order valence-corrected chi connectivity index (χ3v) is 2.81. The van der Waals surface area contributed by atoms with E-state index in [4.69, 9.17) is 5.73 Å². The van der Waals surface area contributed by atoms with E-state index in [1.807, 2.05) is 0 Å². The largest absolute Gasteiger partial charge is 0.469 e. The van der Waals surface area contributed by atoms with Crippen LogP contribution in [0.3, 0.4) is 0 Å². The molecule has 1 aliphatic carbocycles. The summed E-state index contributed by atoms with van der Waals surface area (Å²) in [6.45, 7) is 0. The van der Waals surface area contributed by atoms with Gasteiger partial charge in [0.1, 0.15) is 0 Å². The Balaban J connectivity index is 2.75. The van der Waals surface area contributed by atoms with E-state index in [9.17, 15) is 13.6 Å². The van der Waals surface area contributed by atoms with Crippen molar-refractivity contribution in [3.05, 3.63) is 0 Å². The average molecular weight is 207 g/mol. The van der Waals surface area contributed by atoms with Crippen molar-refractivity contribution in [3.8, 4) is 0 Å². The summed E-state index contributed by atoms with van der Waals surface area (Å²) in [4.78, 5) is 11.4. The Morgan fingerprint density at radius 2 is 2.36 bits per heavy atom. The molecule has 1 saturated carbocycles. The molecule has 0 unspecified atom stereocenters. The highest BCUT2D eigenvalue weighted by atomic mass is 19.3. The molecule has 0 heterocycles. The molecule has 0 saturated heterocycles. The van der Waals surface area contributed by atoms with Gasteiger partial charge in [0.25, 0.3) is 0 Å². The predicted molar refractivity (Wildman–Crippen MR) is 46.9 cm³/mol. The molecule has 0 aromatic rings. The number of rotatable bonds is 3. The molecule has 2 atom stereocenters. The molecule has 2 N–H and O–H groups in total. The zero-order valence-electron chi connectivity index (χ0n) is 8.13. The summed E-state index contributed by atoms with van der Waals surface area (Å²) in [7, 11) is 1.22. The van der Waals surface area contributed by atoms with E-state index >= 15 is 0 Å². The van der Waals surface area contributed by atoms with Gasteiger partial charge in [-0.2, -0.15) is 0 Å². The number of nitrogens with two attached hydrogens (primary N) is 1.